The fraction of sp³-hybridized carbons (Fsp3) is 0.412. The topological polar surface area (TPSA) is 68.5 Å². The Balaban J connectivity index is 2.41. The fourth-order valence-electron chi connectivity index (χ4n) is 2.39. The van der Waals surface area contributed by atoms with Crippen molar-refractivity contribution in [3.8, 4) is 0 Å². The van der Waals surface area contributed by atoms with E-state index in [0.29, 0.717) is 17.8 Å². The molecule has 5 nitrogen and oxygen atoms in total. The number of amides is 1. The first-order chi connectivity index (χ1) is 10.5. The molecule has 0 fully saturated rings. The number of para-hydroxylation sites is 1. The van der Waals surface area contributed by atoms with Gasteiger partial charge in [-0.05, 0) is 24.5 Å². The normalized spacial score (nSPS) is 12.6. The maximum Gasteiger partial charge on any atom is 0.349 e. The average Bonchev–Trinajstić information content (AvgIpc) is 2.46. The molecule has 2 rings (SSSR count). The predicted octanol–water partition coefficient (Wildman–Crippen LogP) is 2.50. The third-order valence-corrected chi connectivity index (χ3v) is 3.77. The van der Waals surface area contributed by atoms with Crippen LogP contribution < -0.4 is 10.9 Å². The smallest absolute Gasteiger partial charge is 0.349 e. The van der Waals surface area contributed by atoms with Gasteiger partial charge in [0, 0.05) is 12.5 Å². The third-order valence-electron chi connectivity index (χ3n) is 3.77. The lowest BCUT2D eigenvalue weighted by Gasteiger charge is -2.21. The van der Waals surface area contributed by atoms with Gasteiger partial charge in [0.1, 0.15) is 11.1 Å². The molecule has 0 radical (unpaired) electrons. The summed E-state index contributed by atoms with van der Waals surface area (Å²) in [5.41, 5.74) is 0.553. The number of methoxy groups -OCH3 is 1. The summed E-state index contributed by atoms with van der Waals surface area (Å²) < 4.78 is 10.4. The highest BCUT2D eigenvalue weighted by molar-refractivity contribution is 5.99. The molecule has 0 aliphatic heterocycles. The number of nitrogens with one attached hydrogen (secondary N) is 1. The van der Waals surface area contributed by atoms with Crippen molar-refractivity contribution in [2.75, 3.05) is 13.7 Å². The fourth-order valence-corrected chi connectivity index (χ4v) is 2.39. The van der Waals surface area contributed by atoms with Crippen LogP contribution in [0.5, 0.6) is 0 Å². The summed E-state index contributed by atoms with van der Waals surface area (Å²) in [6.45, 7) is 6.12. The molecule has 22 heavy (non-hydrogen) atoms. The number of aryl methyl sites for hydroxylation is 1. The molecular weight excluding hydrogens is 282 g/mol. The van der Waals surface area contributed by atoms with E-state index >= 15 is 0 Å². The molecule has 1 aromatic carbocycles. The van der Waals surface area contributed by atoms with E-state index < -0.39 is 11.5 Å². The highest BCUT2D eigenvalue weighted by Crippen LogP contribution is 2.19. The second-order valence-corrected chi connectivity index (χ2v) is 5.66. The van der Waals surface area contributed by atoms with Gasteiger partial charge in [0.15, 0.2) is 0 Å². The van der Waals surface area contributed by atoms with Crippen molar-refractivity contribution < 1.29 is 13.9 Å². The first kappa shape index (κ1) is 16.2. The van der Waals surface area contributed by atoms with Crippen LogP contribution in [-0.4, -0.2) is 25.7 Å². The summed E-state index contributed by atoms with van der Waals surface area (Å²) in [5, 5.41) is 3.62. The number of hydrogen-bond acceptors (Lipinski definition) is 4. The molecule has 1 amide bonds. The van der Waals surface area contributed by atoms with E-state index in [9.17, 15) is 9.59 Å². The Bertz CT molecular complexity index is 733. The summed E-state index contributed by atoms with van der Waals surface area (Å²) in [6, 6.07) is 7.02. The molecule has 0 saturated heterocycles. The Hall–Kier alpha value is -2.14. The Morgan fingerprint density at radius 1 is 1.32 bits per heavy atom. The Morgan fingerprint density at radius 3 is 2.64 bits per heavy atom. The molecule has 1 heterocycles. The average molecular weight is 303 g/mol. The van der Waals surface area contributed by atoms with Crippen molar-refractivity contribution in [3.63, 3.8) is 0 Å². The summed E-state index contributed by atoms with van der Waals surface area (Å²) >= 11 is 0. The monoisotopic (exact) mass is 303 g/mol. The quantitative estimate of drug-likeness (QED) is 0.862. The van der Waals surface area contributed by atoms with E-state index in [0.717, 1.165) is 5.39 Å². The van der Waals surface area contributed by atoms with Crippen molar-refractivity contribution in [2.24, 2.45) is 5.92 Å². The van der Waals surface area contributed by atoms with Gasteiger partial charge in [0.25, 0.3) is 5.91 Å². The number of hydrogen-bond donors (Lipinski definition) is 1. The largest absolute Gasteiger partial charge is 0.422 e. The second-order valence-electron chi connectivity index (χ2n) is 5.66. The number of carbonyl (C=O) groups excluding carboxylic acids is 1. The molecule has 0 unspecified atom stereocenters. The molecular formula is C17H21NO4. The van der Waals surface area contributed by atoms with Gasteiger partial charge >= 0.3 is 5.63 Å². The zero-order valence-corrected chi connectivity index (χ0v) is 13.3. The van der Waals surface area contributed by atoms with Crippen LogP contribution in [0.3, 0.4) is 0 Å². The molecule has 2 aromatic rings. The second kappa shape index (κ2) is 6.75. The van der Waals surface area contributed by atoms with Crippen molar-refractivity contribution in [1.82, 2.24) is 5.32 Å². The van der Waals surface area contributed by atoms with Crippen molar-refractivity contribution in [3.05, 3.63) is 45.8 Å². The zero-order valence-electron chi connectivity index (χ0n) is 13.3. The number of benzene rings is 1. The summed E-state index contributed by atoms with van der Waals surface area (Å²) in [4.78, 5) is 24.6. The van der Waals surface area contributed by atoms with Gasteiger partial charge in [-0.1, -0.05) is 32.0 Å². The highest BCUT2D eigenvalue weighted by atomic mass is 16.5. The van der Waals surface area contributed by atoms with Crippen molar-refractivity contribution in [1.29, 1.82) is 0 Å². The number of carbonyl (C=O) groups is 1. The van der Waals surface area contributed by atoms with Gasteiger partial charge in [0.2, 0.25) is 0 Å². The molecule has 0 saturated carbocycles. The van der Waals surface area contributed by atoms with E-state index in [-0.39, 0.29) is 17.5 Å². The molecule has 118 valence electrons. The van der Waals surface area contributed by atoms with Gasteiger partial charge in [0.05, 0.1) is 12.6 Å². The van der Waals surface area contributed by atoms with Crippen LogP contribution in [0, 0.1) is 12.8 Å². The van der Waals surface area contributed by atoms with Gasteiger partial charge < -0.3 is 14.5 Å². The minimum Gasteiger partial charge on any atom is -0.422 e. The lowest BCUT2D eigenvalue weighted by molar-refractivity contribution is 0.0862. The molecule has 0 bridgehead atoms. The first-order valence-corrected chi connectivity index (χ1v) is 7.28. The Labute approximate surface area is 129 Å². The number of rotatable bonds is 5. The summed E-state index contributed by atoms with van der Waals surface area (Å²) in [5.74, 6) is -0.232. The highest BCUT2D eigenvalue weighted by Gasteiger charge is 2.22. The van der Waals surface area contributed by atoms with E-state index in [1.807, 2.05) is 26.0 Å². The lowest BCUT2D eigenvalue weighted by Crippen LogP contribution is -2.43. The molecule has 1 N–H and O–H groups in total. The van der Waals surface area contributed by atoms with Crippen LogP contribution >= 0.6 is 0 Å². The Kier molecular flexibility index (Phi) is 4.98. The van der Waals surface area contributed by atoms with Crippen LogP contribution in [0.4, 0.5) is 0 Å². The van der Waals surface area contributed by atoms with Crippen molar-refractivity contribution >= 4 is 16.9 Å². The van der Waals surface area contributed by atoms with Crippen LogP contribution in [-0.2, 0) is 4.74 Å². The minimum absolute atomic E-state index is 0.0560. The molecule has 0 aliphatic rings. The molecule has 1 atom stereocenters. The van der Waals surface area contributed by atoms with Crippen molar-refractivity contribution in [2.45, 2.75) is 26.8 Å². The number of ether oxygens (including phenoxy) is 1. The van der Waals surface area contributed by atoms with Crippen LogP contribution in [0.1, 0.15) is 29.8 Å². The molecule has 0 aliphatic carbocycles. The standard InChI is InChI=1S/C17H21NO4/c1-10(2)13(9-21-4)18-16(19)15-11(3)12-7-5-6-8-14(12)22-17(15)20/h5-8,10,13H,9H2,1-4H3,(H,18,19)/t13-/m1/s1. The SMILES string of the molecule is COC[C@@H](NC(=O)c1c(C)c2ccccc2oc1=O)C(C)C. The summed E-state index contributed by atoms with van der Waals surface area (Å²) in [6.07, 6.45) is 0. The molecule has 1 aromatic heterocycles. The van der Waals surface area contributed by atoms with Crippen LogP contribution in [0.25, 0.3) is 11.0 Å². The lowest BCUT2D eigenvalue weighted by atomic mass is 10.0. The van der Waals surface area contributed by atoms with Crippen LogP contribution in [0.2, 0.25) is 0 Å². The summed E-state index contributed by atoms with van der Waals surface area (Å²) in [7, 11) is 1.58. The van der Waals surface area contributed by atoms with E-state index in [1.165, 1.54) is 0 Å². The van der Waals surface area contributed by atoms with Gasteiger partial charge in [-0.25, -0.2) is 4.79 Å². The van der Waals surface area contributed by atoms with E-state index in [1.54, 1.807) is 26.2 Å². The minimum atomic E-state index is -0.617. The predicted molar refractivity (Wildman–Crippen MR) is 85.2 cm³/mol. The van der Waals surface area contributed by atoms with Gasteiger partial charge in [-0.15, -0.1) is 0 Å². The van der Waals surface area contributed by atoms with Gasteiger partial charge in [-0.2, -0.15) is 0 Å². The molecule has 5 heteroatoms. The first-order valence-electron chi connectivity index (χ1n) is 7.28. The van der Waals surface area contributed by atoms with Gasteiger partial charge in [-0.3, -0.25) is 4.79 Å². The van der Waals surface area contributed by atoms with Crippen LogP contribution in [0.15, 0.2) is 33.5 Å². The zero-order chi connectivity index (χ0) is 16.3. The Morgan fingerprint density at radius 2 is 2.00 bits per heavy atom. The van der Waals surface area contributed by atoms with E-state index in [4.69, 9.17) is 9.15 Å². The maximum absolute atomic E-state index is 12.5. The van der Waals surface area contributed by atoms with E-state index in [2.05, 4.69) is 5.32 Å². The number of fused-ring (bicyclic) bond motifs is 1. The maximum atomic E-state index is 12.5. The third kappa shape index (κ3) is 3.20. The molecule has 0 spiro atoms.